The minimum Gasteiger partial charge on any atom is -0.481 e. The van der Waals surface area contributed by atoms with Crippen LogP contribution in [0.15, 0.2) is 36.4 Å². The van der Waals surface area contributed by atoms with Crippen molar-refractivity contribution in [2.75, 3.05) is 5.32 Å². The third kappa shape index (κ3) is 4.40. The molecule has 126 valence electrons. The molecule has 24 heavy (non-hydrogen) atoms. The monoisotopic (exact) mass is 367 g/mol. The molecule has 0 bridgehead atoms. The molecule has 5 nitrogen and oxygen atoms in total. The first-order valence-corrected chi connectivity index (χ1v) is 7.80. The summed E-state index contributed by atoms with van der Waals surface area (Å²) in [7, 11) is 0. The summed E-state index contributed by atoms with van der Waals surface area (Å²) in [6.45, 7) is 3.37. The van der Waals surface area contributed by atoms with Crippen molar-refractivity contribution in [3.63, 3.8) is 0 Å². The number of ether oxygens (including phenoxy) is 1. The number of carboxylic acid groups (broad SMARTS) is 1. The Kier molecular flexibility index (Phi) is 5.70. The summed E-state index contributed by atoms with van der Waals surface area (Å²) in [5.41, 5.74) is 0.849. The molecule has 7 heteroatoms. The standard InChI is InChI=1S/C17H15Cl2NO4/c1-9-7-11(18)4-6-15(9)24-10(2)16(21)20-14-8-12(19)3-5-13(14)17(22)23/h3-8,10H,1-2H3,(H,20,21)(H,22,23). The predicted octanol–water partition coefficient (Wildman–Crippen LogP) is 4.41. The van der Waals surface area contributed by atoms with Gasteiger partial charge in [0.2, 0.25) is 0 Å². The van der Waals surface area contributed by atoms with E-state index in [4.69, 9.17) is 33.0 Å². The van der Waals surface area contributed by atoms with Gasteiger partial charge in [-0.15, -0.1) is 0 Å². The number of aryl methyl sites for hydroxylation is 1. The third-order valence-corrected chi connectivity index (χ3v) is 3.75. The molecule has 0 aromatic heterocycles. The van der Waals surface area contributed by atoms with E-state index in [0.717, 1.165) is 5.56 Å². The first-order valence-electron chi connectivity index (χ1n) is 7.04. The molecule has 0 radical (unpaired) electrons. The van der Waals surface area contributed by atoms with Crippen LogP contribution in [0.2, 0.25) is 10.0 Å². The summed E-state index contributed by atoms with van der Waals surface area (Å²) in [4.78, 5) is 23.5. The quantitative estimate of drug-likeness (QED) is 0.820. The van der Waals surface area contributed by atoms with Crippen LogP contribution >= 0.6 is 23.2 Å². The highest BCUT2D eigenvalue weighted by Crippen LogP contribution is 2.24. The normalized spacial score (nSPS) is 11.7. The van der Waals surface area contributed by atoms with Gasteiger partial charge in [-0.3, -0.25) is 4.79 Å². The molecular formula is C17H15Cl2NO4. The molecule has 2 rings (SSSR count). The zero-order chi connectivity index (χ0) is 17.9. The lowest BCUT2D eigenvalue weighted by atomic mass is 10.1. The first kappa shape index (κ1) is 18.1. The van der Waals surface area contributed by atoms with E-state index < -0.39 is 18.0 Å². The Labute approximate surface area is 149 Å². The highest BCUT2D eigenvalue weighted by atomic mass is 35.5. The molecule has 0 spiro atoms. The van der Waals surface area contributed by atoms with Gasteiger partial charge < -0.3 is 15.2 Å². The van der Waals surface area contributed by atoms with Gasteiger partial charge in [-0.2, -0.15) is 0 Å². The summed E-state index contributed by atoms with van der Waals surface area (Å²) < 4.78 is 5.61. The lowest BCUT2D eigenvalue weighted by Gasteiger charge is -2.17. The second-order valence-electron chi connectivity index (χ2n) is 5.15. The van der Waals surface area contributed by atoms with E-state index in [-0.39, 0.29) is 11.3 Å². The van der Waals surface area contributed by atoms with E-state index in [1.54, 1.807) is 25.1 Å². The Morgan fingerprint density at radius 2 is 1.75 bits per heavy atom. The topological polar surface area (TPSA) is 75.6 Å². The van der Waals surface area contributed by atoms with Gasteiger partial charge in [0.15, 0.2) is 6.10 Å². The number of benzene rings is 2. The molecule has 0 aliphatic heterocycles. The summed E-state index contributed by atoms with van der Waals surface area (Å²) in [5, 5.41) is 12.6. The lowest BCUT2D eigenvalue weighted by molar-refractivity contribution is -0.122. The highest BCUT2D eigenvalue weighted by Gasteiger charge is 2.19. The molecule has 2 aromatic carbocycles. The number of carboxylic acids is 1. The fraction of sp³-hybridized carbons (Fsp3) is 0.176. The van der Waals surface area contributed by atoms with Crippen LogP contribution in [0.4, 0.5) is 5.69 Å². The van der Waals surface area contributed by atoms with Crippen molar-refractivity contribution in [3.8, 4) is 5.75 Å². The van der Waals surface area contributed by atoms with E-state index in [0.29, 0.717) is 15.8 Å². The van der Waals surface area contributed by atoms with E-state index in [2.05, 4.69) is 5.32 Å². The van der Waals surface area contributed by atoms with E-state index in [9.17, 15) is 9.59 Å². The fourth-order valence-corrected chi connectivity index (χ4v) is 2.43. The average molecular weight is 368 g/mol. The number of hydrogen-bond donors (Lipinski definition) is 2. The molecule has 0 saturated heterocycles. The Hall–Kier alpha value is -2.24. The number of nitrogens with one attached hydrogen (secondary N) is 1. The number of anilines is 1. The summed E-state index contributed by atoms with van der Waals surface area (Å²) >= 11 is 11.7. The Balaban J connectivity index is 2.14. The molecule has 0 saturated carbocycles. The number of carbonyl (C=O) groups is 2. The number of hydrogen-bond acceptors (Lipinski definition) is 3. The lowest BCUT2D eigenvalue weighted by Crippen LogP contribution is -2.31. The van der Waals surface area contributed by atoms with Gasteiger partial charge in [0.1, 0.15) is 5.75 Å². The second-order valence-corrected chi connectivity index (χ2v) is 6.03. The number of halogens is 2. The van der Waals surface area contributed by atoms with Crippen molar-refractivity contribution in [3.05, 3.63) is 57.6 Å². The zero-order valence-corrected chi connectivity index (χ0v) is 14.5. The molecule has 1 atom stereocenters. The van der Waals surface area contributed by atoms with Crippen molar-refractivity contribution in [1.29, 1.82) is 0 Å². The molecule has 1 amide bonds. The summed E-state index contributed by atoms with van der Waals surface area (Å²) in [6.07, 6.45) is -0.842. The molecule has 0 fully saturated rings. The fourth-order valence-electron chi connectivity index (χ4n) is 2.03. The van der Waals surface area contributed by atoms with Crippen LogP contribution < -0.4 is 10.1 Å². The number of rotatable bonds is 5. The maximum atomic E-state index is 12.3. The molecule has 1 unspecified atom stereocenters. The largest absolute Gasteiger partial charge is 0.481 e. The van der Waals surface area contributed by atoms with Crippen molar-refractivity contribution < 1.29 is 19.4 Å². The number of amides is 1. The van der Waals surface area contributed by atoms with Crippen molar-refractivity contribution in [2.24, 2.45) is 0 Å². The average Bonchev–Trinajstić information content (AvgIpc) is 2.49. The highest BCUT2D eigenvalue weighted by molar-refractivity contribution is 6.31. The molecule has 0 aliphatic rings. The molecule has 2 N–H and O–H groups in total. The minimum absolute atomic E-state index is 0.0531. The maximum absolute atomic E-state index is 12.3. The van der Waals surface area contributed by atoms with Gasteiger partial charge in [0, 0.05) is 10.0 Å². The summed E-state index contributed by atoms with van der Waals surface area (Å²) in [6, 6.07) is 9.20. The molecule has 2 aromatic rings. The van der Waals surface area contributed by atoms with Gasteiger partial charge >= 0.3 is 5.97 Å². The van der Waals surface area contributed by atoms with E-state index in [1.807, 2.05) is 6.92 Å². The van der Waals surface area contributed by atoms with E-state index >= 15 is 0 Å². The van der Waals surface area contributed by atoms with Crippen LogP contribution in [0.25, 0.3) is 0 Å². The Morgan fingerprint density at radius 3 is 2.38 bits per heavy atom. The third-order valence-electron chi connectivity index (χ3n) is 3.28. The number of carbonyl (C=O) groups excluding carboxylic acids is 1. The first-order chi connectivity index (χ1) is 11.3. The van der Waals surface area contributed by atoms with Gasteiger partial charge in [-0.25, -0.2) is 4.79 Å². The smallest absolute Gasteiger partial charge is 0.337 e. The van der Waals surface area contributed by atoms with Gasteiger partial charge in [0.05, 0.1) is 11.3 Å². The van der Waals surface area contributed by atoms with Crippen LogP contribution in [0.3, 0.4) is 0 Å². The van der Waals surface area contributed by atoms with Crippen LogP contribution in [0.1, 0.15) is 22.8 Å². The van der Waals surface area contributed by atoms with Gasteiger partial charge in [0.25, 0.3) is 5.91 Å². The molecule has 0 aliphatic carbocycles. The zero-order valence-electron chi connectivity index (χ0n) is 13.0. The Morgan fingerprint density at radius 1 is 1.12 bits per heavy atom. The Bertz CT molecular complexity index is 792. The van der Waals surface area contributed by atoms with Crippen molar-refractivity contribution >= 4 is 40.8 Å². The number of aromatic carboxylic acids is 1. The predicted molar refractivity (Wildman–Crippen MR) is 93.3 cm³/mol. The van der Waals surface area contributed by atoms with Gasteiger partial charge in [-0.05, 0) is 55.8 Å². The summed E-state index contributed by atoms with van der Waals surface area (Å²) in [5.74, 6) is -1.13. The SMILES string of the molecule is Cc1cc(Cl)ccc1OC(C)C(=O)Nc1cc(Cl)ccc1C(=O)O. The van der Waals surface area contributed by atoms with Crippen LogP contribution in [0.5, 0.6) is 5.75 Å². The van der Waals surface area contributed by atoms with Crippen molar-refractivity contribution in [1.82, 2.24) is 0 Å². The minimum atomic E-state index is -1.16. The van der Waals surface area contributed by atoms with Crippen LogP contribution in [-0.4, -0.2) is 23.1 Å². The van der Waals surface area contributed by atoms with E-state index in [1.165, 1.54) is 18.2 Å². The van der Waals surface area contributed by atoms with Crippen LogP contribution in [-0.2, 0) is 4.79 Å². The molecule has 0 heterocycles. The van der Waals surface area contributed by atoms with Crippen LogP contribution in [0, 0.1) is 6.92 Å². The van der Waals surface area contributed by atoms with Crippen molar-refractivity contribution in [2.45, 2.75) is 20.0 Å². The maximum Gasteiger partial charge on any atom is 0.337 e. The van der Waals surface area contributed by atoms with Gasteiger partial charge in [-0.1, -0.05) is 23.2 Å². The second kappa shape index (κ2) is 7.55. The molecular weight excluding hydrogens is 353 g/mol.